The maximum Gasteiger partial charge on any atom is 0.307 e. The Morgan fingerprint density at radius 2 is 1.83 bits per heavy atom. The fourth-order valence-electron chi connectivity index (χ4n) is 2.17. The molecule has 0 aromatic heterocycles. The second-order valence-electron chi connectivity index (χ2n) is 4.62. The van der Waals surface area contributed by atoms with E-state index in [1.165, 1.54) is 19.4 Å². The Morgan fingerprint density at radius 3 is 2.50 bits per heavy atom. The van der Waals surface area contributed by atoms with Crippen molar-refractivity contribution in [1.29, 1.82) is 0 Å². The van der Waals surface area contributed by atoms with Gasteiger partial charge in [-0.15, -0.1) is 0 Å². The summed E-state index contributed by atoms with van der Waals surface area (Å²) < 4.78 is 10.1. The molecule has 0 saturated carbocycles. The molecule has 0 bridgehead atoms. The van der Waals surface area contributed by atoms with Gasteiger partial charge in [0, 0.05) is 20.3 Å². The van der Waals surface area contributed by atoms with Gasteiger partial charge in [-0.25, -0.2) is 0 Å². The van der Waals surface area contributed by atoms with E-state index in [0.717, 1.165) is 50.7 Å². The van der Waals surface area contributed by atoms with Crippen molar-refractivity contribution in [3.63, 3.8) is 0 Å². The van der Waals surface area contributed by atoms with Gasteiger partial charge < -0.3 is 9.47 Å². The molecular formula is C14H22O4. The molecule has 0 unspecified atom stereocenters. The number of hydrogen-bond acceptors (Lipinski definition) is 4. The minimum absolute atomic E-state index is 0.217. The van der Waals surface area contributed by atoms with E-state index in [1.54, 1.807) is 0 Å². The maximum atomic E-state index is 10.9. The monoisotopic (exact) mass is 254 g/mol. The van der Waals surface area contributed by atoms with Crippen molar-refractivity contribution in [3.8, 4) is 0 Å². The summed E-state index contributed by atoms with van der Waals surface area (Å²) in [6, 6.07) is 0. The highest BCUT2D eigenvalue weighted by Gasteiger charge is 2.16. The van der Waals surface area contributed by atoms with Crippen molar-refractivity contribution in [2.45, 2.75) is 58.8 Å². The number of ether oxygens (including phenoxy) is 2. The first kappa shape index (κ1) is 14.7. The molecular weight excluding hydrogens is 232 g/mol. The van der Waals surface area contributed by atoms with Crippen LogP contribution in [0, 0.1) is 0 Å². The van der Waals surface area contributed by atoms with Crippen LogP contribution in [-0.2, 0) is 19.1 Å². The molecule has 0 amide bonds. The second-order valence-corrected chi connectivity index (χ2v) is 4.62. The lowest BCUT2D eigenvalue weighted by atomic mass is 10.1. The van der Waals surface area contributed by atoms with E-state index in [0.29, 0.717) is 6.61 Å². The van der Waals surface area contributed by atoms with Gasteiger partial charge in [-0.05, 0) is 44.1 Å². The molecule has 102 valence electrons. The summed E-state index contributed by atoms with van der Waals surface area (Å²) in [5, 5.41) is 0. The third-order valence-electron chi connectivity index (χ3n) is 2.97. The van der Waals surface area contributed by atoms with Crippen LogP contribution in [0.25, 0.3) is 0 Å². The Kier molecular flexibility index (Phi) is 6.47. The van der Waals surface area contributed by atoms with Crippen molar-refractivity contribution >= 4 is 11.9 Å². The van der Waals surface area contributed by atoms with Gasteiger partial charge >= 0.3 is 11.9 Å². The zero-order chi connectivity index (χ0) is 13.4. The highest BCUT2D eigenvalue weighted by Crippen LogP contribution is 2.30. The van der Waals surface area contributed by atoms with Crippen molar-refractivity contribution in [3.05, 3.63) is 11.3 Å². The predicted molar refractivity (Wildman–Crippen MR) is 67.7 cm³/mol. The SMILES string of the molecule is CC(=O)OCCCCCC1=C(OC(C)=O)CCC1. The fraction of sp³-hybridized carbons (Fsp3) is 0.714. The molecule has 0 aromatic rings. The van der Waals surface area contributed by atoms with Gasteiger partial charge in [0.2, 0.25) is 0 Å². The standard InChI is InChI=1S/C14H22O4/c1-11(15)17-10-5-3-4-7-13-8-6-9-14(13)18-12(2)16/h3-10H2,1-2H3. The van der Waals surface area contributed by atoms with E-state index in [-0.39, 0.29) is 11.9 Å². The van der Waals surface area contributed by atoms with Crippen LogP contribution in [0.15, 0.2) is 11.3 Å². The van der Waals surface area contributed by atoms with Gasteiger partial charge in [-0.1, -0.05) is 0 Å². The summed E-state index contributed by atoms with van der Waals surface area (Å²) in [7, 11) is 0. The van der Waals surface area contributed by atoms with Gasteiger partial charge in [-0.3, -0.25) is 9.59 Å². The highest BCUT2D eigenvalue weighted by atomic mass is 16.5. The Balaban J connectivity index is 2.17. The molecule has 0 aromatic carbocycles. The van der Waals surface area contributed by atoms with E-state index in [1.807, 2.05) is 0 Å². The summed E-state index contributed by atoms with van der Waals surface area (Å²) in [5.74, 6) is 0.451. The van der Waals surface area contributed by atoms with Crippen molar-refractivity contribution in [1.82, 2.24) is 0 Å². The molecule has 0 atom stereocenters. The largest absolute Gasteiger partial charge is 0.466 e. The minimum Gasteiger partial charge on any atom is -0.466 e. The maximum absolute atomic E-state index is 10.9. The van der Waals surface area contributed by atoms with Crippen LogP contribution in [0.3, 0.4) is 0 Å². The lowest BCUT2D eigenvalue weighted by Crippen LogP contribution is -2.00. The molecule has 1 rings (SSSR count). The summed E-state index contributed by atoms with van der Waals surface area (Å²) in [5.41, 5.74) is 1.29. The van der Waals surface area contributed by atoms with Crippen LogP contribution in [0.1, 0.15) is 58.8 Å². The number of carbonyl (C=O) groups excluding carboxylic acids is 2. The Morgan fingerprint density at radius 1 is 1.06 bits per heavy atom. The first-order valence-electron chi connectivity index (χ1n) is 6.62. The van der Waals surface area contributed by atoms with E-state index in [4.69, 9.17) is 9.47 Å². The summed E-state index contributed by atoms with van der Waals surface area (Å²) in [6.45, 7) is 3.38. The van der Waals surface area contributed by atoms with E-state index in [9.17, 15) is 9.59 Å². The van der Waals surface area contributed by atoms with Gasteiger partial charge in [0.15, 0.2) is 0 Å². The smallest absolute Gasteiger partial charge is 0.307 e. The zero-order valence-electron chi connectivity index (χ0n) is 11.3. The van der Waals surface area contributed by atoms with E-state index >= 15 is 0 Å². The number of allylic oxidation sites excluding steroid dienone is 2. The molecule has 0 heterocycles. The van der Waals surface area contributed by atoms with Gasteiger partial charge in [0.25, 0.3) is 0 Å². The topological polar surface area (TPSA) is 52.6 Å². The summed E-state index contributed by atoms with van der Waals surface area (Å²) in [4.78, 5) is 21.5. The van der Waals surface area contributed by atoms with Crippen LogP contribution in [0.4, 0.5) is 0 Å². The lowest BCUT2D eigenvalue weighted by Gasteiger charge is -2.07. The zero-order valence-corrected chi connectivity index (χ0v) is 11.3. The summed E-state index contributed by atoms with van der Waals surface area (Å²) >= 11 is 0. The number of carbonyl (C=O) groups is 2. The number of esters is 2. The lowest BCUT2D eigenvalue weighted by molar-refractivity contribution is -0.141. The first-order chi connectivity index (χ1) is 8.59. The minimum atomic E-state index is -0.223. The molecule has 0 saturated heterocycles. The molecule has 0 N–H and O–H groups in total. The number of hydrogen-bond donors (Lipinski definition) is 0. The van der Waals surface area contributed by atoms with E-state index in [2.05, 4.69) is 0 Å². The summed E-state index contributed by atoms with van der Waals surface area (Å²) in [6.07, 6.45) is 7.00. The molecule has 4 heteroatoms. The highest BCUT2D eigenvalue weighted by molar-refractivity contribution is 5.67. The number of rotatable bonds is 7. The van der Waals surface area contributed by atoms with Crippen molar-refractivity contribution < 1.29 is 19.1 Å². The Hall–Kier alpha value is -1.32. The van der Waals surface area contributed by atoms with Crippen LogP contribution in [0.5, 0.6) is 0 Å². The molecule has 0 radical (unpaired) electrons. The molecule has 0 spiro atoms. The first-order valence-corrected chi connectivity index (χ1v) is 6.62. The van der Waals surface area contributed by atoms with Crippen LogP contribution in [-0.4, -0.2) is 18.5 Å². The van der Waals surface area contributed by atoms with Gasteiger partial charge in [0.05, 0.1) is 6.61 Å². The quantitative estimate of drug-likeness (QED) is 0.517. The Labute approximate surface area is 108 Å². The average Bonchev–Trinajstić information content (AvgIpc) is 2.69. The molecule has 1 aliphatic rings. The van der Waals surface area contributed by atoms with Gasteiger partial charge in [-0.2, -0.15) is 0 Å². The van der Waals surface area contributed by atoms with Crippen LogP contribution in [0.2, 0.25) is 0 Å². The van der Waals surface area contributed by atoms with Crippen LogP contribution < -0.4 is 0 Å². The normalized spacial score (nSPS) is 14.8. The molecule has 4 nitrogen and oxygen atoms in total. The third kappa shape index (κ3) is 5.84. The third-order valence-corrected chi connectivity index (χ3v) is 2.97. The molecule has 0 fully saturated rings. The Bertz CT molecular complexity index is 331. The molecule has 1 aliphatic carbocycles. The van der Waals surface area contributed by atoms with Gasteiger partial charge in [0.1, 0.15) is 5.76 Å². The molecule has 18 heavy (non-hydrogen) atoms. The fourth-order valence-corrected chi connectivity index (χ4v) is 2.17. The number of unbranched alkanes of at least 4 members (excludes halogenated alkanes) is 2. The van der Waals surface area contributed by atoms with Crippen LogP contribution >= 0.6 is 0 Å². The van der Waals surface area contributed by atoms with Crippen molar-refractivity contribution in [2.75, 3.05) is 6.61 Å². The van der Waals surface area contributed by atoms with Crippen molar-refractivity contribution in [2.24, 2.45) is 0 Å². The van der Waals surface area contributed by atoms with E-state index < -0.39 is 0 Å². The predicted octanol–water partition coefficient (Wildman–Crippen LogP) is 3.11. The average molecular weight is 254 g/mol. The second kappa shape index (κ2) is 7.90. The molecule has 0 aliphatic heterocycles.